The van der Waals surface area contributed by atoms with Crippen molar-refractivity contribution in [2.24, 2.45) is 0 Å². The summed E-state index contributed by atoms with van der Waals surface area (Å²) >= 11 is 0. The summed E-state index contributed by atoms with van der Waals surface area (Å²) in [5, 5.41) is 0. The smallest absolute Gasteiger partial charge is 0.357 e. The van der Waals surface area contributed by atoms with Gasteiger partial charge in [-0.2, -0.15) is 0 Å². The van der Waals surface area contributed by atoms with Gasteiger partial charge in [-0.1, -0.05) is 24.3 Å². The van der Waals surface area contributed by atoms with Gasteiger partial charge in [-0.3, -0.25) is 4.57 Å². The van der Waals surface area contributed by atoms with Crippen LogP contribution in [0.3, 0.4) is 0 Å². The molecule has 0 saturated carbocycles. The molecular formula is C25H36NO7P. The number of nitrogens with zero attached hydrogens (tertiary/aromatic N) is 1. The van der Waals surface area contributed by atoms with Gasteiger partial charge in [-0.05, 0) is 72.6 Å². The highest BCUT2D eigenvalue weighted by atomic mass is 31.2. The topological polar surface area (TPSA) is 91.4 Å². The van der Waals surface area contributed by atoms with E-state index in [9.17, 15) is 14.2 Å². The summed E-state index contributed by atoms with van der Waals surface area (Å²) < 4.78 is 36.4. The third-order valence-electron chi connectivity index (χ3n) is 4.42. The normalized spacial score (nSPS) is 16.8. The van der Waals surface area contributed by atoms with E-state index < -0.39 is 36.5 Å². The number of ether oxygens (including phenoxy) is 2. The van der Waals surface area contributed by atoms with Gasteiger partial charge in [-0.25, -0.2) is 9.59 Å². The number of rotatable bonds is 8. The molecule has 0 fully saturated rings. The molecule has 0 aromatic heterocycles. The molecule has 0 aliphatic carbocycles. The summed E-state index contributed by atoms with van der Waals surface area (Å²) in [6.07, 6.45) is 4.41. The molecule has 0 bridgehead atoms. The van der Waals surface area contributed by atoms with E-state index in [4.69, 9.17) is 18.5 Å². The molecule has 1 atom stereocenters. The van der Waals surface area contributed by atoms with E-state index in [1.165, 1.54) is 4.90 Å². The SMILES string of the molecule is CCOP(=O)(OCC)C1c2ccccc2C=CN1/C(=C/C(=O)OC(C)(C)C)C(=O)OC(C)(C)C. The number of carbonyl (C=O) groups excluding carboxylic acids is 2. The van der Waals surface area contributed by atoms with Crippen LogP contribution in [-0.2, 0) is 32.7 Å². The van der Waals surface area contributed by atoms with E-state index in [0.29, 0.717) is 5.56 Å². The monoisotopic (exact) mass is 493 g/mol. The molecule has 1 heterocycles. The zero-order valence-electron chi connectivity index (χ0n) is 21.3. The van der Waals surface area contributed by atoms with Crippen molar-refractivity contribution in [1.82, 2.24) is 4.90 Å². The number of benzene rings is 1. The van der Waals surface area contributed by atoms with Gasteiger partial charge in [0.1, 0.15) is 16.9 Å². The van der Waals surface area contributed by atoms with Gasteiger partial charge in [0, 0.05) is 6.20 Å². The lowest BCUT2D eigenvalue weighted by atomic mass is 10.0. The highest BCUT2D eigenvalue weighted by molar-refractivity contribution is 7.54. The molecule has 0 saturated heterocycles. The van der Waals surface area contributed by atoms with E-state index in [1.807, 2.05) is 12.1 Å². The Morgan fingerprint density at radius 2 is 1.53 bits per heavy atom. The second kappa shape index (κ2) is 10.9. The Morgan fingerprint density at radius 1 is 0.971 bits per heavy atom. The first kappa shape index (κ1) is 27.8. The molecule has 0 spiro atoms. The highest BCUT2D eigenvalue weighted by Gasteiger charge is 2.45. The lowest BCUT2D eigenvalue weighted by molar-refractivity contribution is -0.154. The van der Waals surface area contributed by atoms with Crippen LogP contribution in [0.15, 0.2) is 42.2 Å². The fourth-order valence-electron chi connectivity index (χ4n) is 3.38. The highest BCUT2D eigenvalue weighted by Crippen LogP contribution is 2.64. The summed E-state index contributed by atoms with van der Waals surface area (Å²) in [5.41, 5.74) is -0.319. The number of carbonyl (C=O) groups is 2. The largest absolute Gasteiger partial charge is 0.457 e. The molecule has 2 rings (SSSR count). The maximum atomic E-state index is 14.1. The van der Waals surface area contributed by atoms with Crippen LogP contribution in [0, 0.1) is 0 Å². The first-order valence-corrected chi connectivity index (χ1v) is 12.9. The second-order valence-corrected chi connectivity index (χ2v) is 11.8. The Balaban J connectivity index is 2.71. The van der Waals surface area contributed by atoms with Crippen molar-refractivity contribution in [1.29, 1.82) is 0 Å². The number of fused-ring (bicyclic) bond motifs is 1. The second-order valence-electron chi connectivity index (χ2n) is 9.67. The minimum Gasteiger partial charge on any atom is -0.457 e. The van der Waals surface area contributed by atoms with Gasteiger partial charge in [0.2, 0.25) is 0 Å². The van der Waals surface area contributed by atoms with Crippen molar-refractivity contribution in [3.8, 4) is 0 Å². The Kier molecular flexibility index (Phi) is 8.92. The van der Waals surface area contributed by atoms with Crippen LogP contribution >= 0.6 is 7.60 Å². The minimum absolute atomic E-state index is 0.130. The predicted octanol–water partition coefficient (Wildman–Crippen LogP) is 5.80. The Labute approximate surface area is 202 Å². The average molecular weight is 494 g/mol. The molecule has 0 radical (unpaired) electrons. The minimum atomic E-state index is -3.84. The summed E-state index contributed by atoms with van der Waals surface area (Å²) in [5.74, 6) is -2.52. The van der Waals surface area contributed by atoms with Crippen molar-refractivity contribution in [3.05, 3.63) is 53.4 Å². The van der Waals surface area contributed by atoms with E-state index in [1.54, 1.807) is 79.8 Å². The molecule has 8 nitrogen and oxygen atoms in total. The van der Waals surface area contributed by atoms with Crippen molar-refractivity contribution in [2.45, 2.75) is 72.4 Å². The Hall–Kier alpha value is -2.41. The number of hydrogen-bond donors (Lipinski definition) is 0. The third-order valence-corrected chi connectivity index (χ3v) is 6.78. The van der Waals surface area contributed by atoms with Crippen molar-refractivity contribution < 1.29 is 32.7 Å². The van der Waals surface area contributed by atoms with Gasteiger partial charge in [0.05, 0.1) is 19.3 Å². The Bertz CT molecular complexity index is 991. The predicted molar refractivity (Wildman–Crippen MR) is 131 cm³/mol. The Morgan fingerprint density at radius 3 is 2.06 bits per heavy atom. The van der Waals surface area contributed by atoms with Crippen LogP contribution in [0.2, 0.25) is 0 Å². The number of hydrogen-bond acceptors (Lipinski definition) is 8. The first-order chi connectivity index (χ1) is 15.7. The van der Waals surface area contributed by atoms with Gasteiger partial charge < -0.3 is 23.4 Å². The summed E-state index contributed by atoms with van der Waals surface area (Å²) in [6, 6.07) is 7.31. The van der Waals surface area contributed by atoms with Crippen LogP contribution in [0.1, 0.15) is 72.3 Å². The van der Waals surface area contributed by atoms with E-state index >= 15 is 0 Å². The lowest BCUT2D eigenvalue weighted by Gasteiger charge is -2.39. The molecule has 1 aliphatic rings. The van der Waals surface area contributed by atoms with Crippen LogP contribution < -0.4 is 0 Å². The quantitative estimate of drug-likeness (QED) is 0.255. The van der Waals surface area contributed by atoms with Crippen molar-refractivity contribution >= 4 is 25.6 Å². The molecule has 9 heteroatoms. The summed E-state index contributed by atoms with van der Waals surface area (Å²) in [6.45, 7) is 14.0. The fourth-order valence-corrected chi connectivity index (χ4v) is 5.53. The zero-order valence-corrected chi connectivity index (χ0v) is 22.2. The molecule has 0 amide bonds. The average Bonchev–Trinajstić information content (AvgIpc) is 2.69. The van der Waals surface area contributed by atoms with Crippen LogP contribution in [-0.4, -0.2) is 41.3 Å². The molecule has 34 heavy (non-hydrogen) atoms. The van der Waals surface area contributed by atoms with E-state index in [0.717, 1.165) is 11.6 Å². The molecule has 1 aliphatic heterocycles. The third kappa shape index (κ3) is 7.29. The summed E-state index contributed by atoms with van der Waals surface area (Å²) in [4.78, 5) is 27.5. The molecular weight excluding hydrogens is 457 g/mol. The summed E-state index contributed by atoms with van der Waals surface area (Å²) in [7, 11) is -3.84. The lowest BCUT2D eigenvalue weighted by Crippen LogP contribution is -2.35. The van der Waals surface area contributed by atoms with Crippen LogP contribution in [0.4, 0.5) is 0 Å². The van der Waals surface area contributed by atoms with Crippen molar-refractivity contribution in [3.63, 3.8) is 0 Å². The first-order valence-electron chi connectivity index (χ1n) is 11.3. The maximum Gasteiger partial charge on any atom is 0.357 e. The molecule has 0 N–H and O–H groups in total. The molecule has 188 valence electrons. The van der Waals surface area contributed by atoms with E-state index in [-0.39, 0.29) is 18.9 Å². The fraction of sp³-hybridized carbons (Fsp3) is 0.520. The van der Waals surface area contributed by atoms with Gasteiger partial charge in [0.25, 0.3) is 0 Å². The number of esters is 2. The van der Waals surface area contributed by atoms with E-state index in [2.05, 4.69) is 0 Å². The van der Waals surface area contributed by atoms with Gasteiger partial charge in [0.15, 0.2) is 5.78 Å². The van der Waals surface area contributed by atoms with Gasteiger partial charge in [-0.15, -0.1) is 0 Å². The molecule has 1 aromatic rings. The van der Waals surface area contributed by atoms with Crippen LogP contribution in [0.25, 0.3) is 6.08 Å². The van der Waals surface area contributed by atoms with Gasteiger partial charge >= 0.3 is 19.5 Å². The van der Waals surface area contributed by atoms with Crippen molar-refractivity contribution in [2.75, 3.05) is 13.2 Å². The maximum absolute atomic E-state index is 14.1. The standard InChI is InChI=1S/C25H36NO7P/c1-9-30-34(29,31-10-2)22-19-14-12-11-13-18(19)15-16-26(22)20(23(28)33-25(6,7)8)17-21(27)32-24(3,4)5/h11-17,22H,9-10H2,1-8H3/b20-17+. The zero-order chi connectivity index (χ0) is 25.7. The van der Waals surface area contributed by atoms with Crippen LogP contribution in [0.5, 0.6) is 0 Å². The molecule has 1 aromatic carbocycles. The molecule has 1 unspecified atom stereocenters.